The quantitative estimate of drug-likeness (QED) is 0.374. The Labute approximate surface area is 229 Å². The van der Waals surface area contributed by atoms with Crippen molar-refractivity contribution in [2.75, 3.05) is 19.4 Å². The lowest BCUT2D eigenvalue weighted by molar-refractivity contribution is 0.141. The van der Waals surface area contributed by atoms with Gasteiger partial charge in [-0.1, -0.05) is 24.3 Å². The summed E-state index contributed by atoms with van der Waals surface area (Å²) in [6.07, 6.45) is 2.98. The lowest BCUT2D eigenvalue weighted by Gasteiger charge is -2.31. The number of ether oxygens (including phenoxy) is 2. The predicted molar refractivity (Wildman–Crippen MR) is 150 cm³/mol. The molecule has 206 valence electrons. The smallest absolute Gasteiger partial charge is 0.175 e. The number of benzene rings is 3. The van der Waals surface area contributed by atoms with Crippen LogP contribution in [0.3, 0.4) is 0 Å². The third kappa shape index (κ3) is 5.54. The molecule has 1 N–H and O–H groups in total. The average Bonchev–Trinajstić information content (AvgIpc) is 3.34. The second kappa shape index (κ2) is 10.7. The summed E-state index contributed by atoms with van der Waals surface area (Å²) < 4.78 is 51.3. The Morgan fingerprint density at radius 3 is 2.56 bits per heavy atom. The van der Waals surface area contributed by atoms with E-state index in [0.717, 1.165) is 29.0 Å². The number of nitrogens with zero attached hydrogens (tertiary/aromatic N) is 1. The van der Waals surface area contributed by atoms with E-state index < -0.39 is 27.5 Å². The van der Waals surface area contributed by atoms with Crippen molar-refractivity contribution in [2.45, 2.75) is 56.7 Å². The van der Waals surface area contributed by atoms with Crippen molar-refractivity contribution in [1.82, 2.24) is 4.90 Å². The molecule has 3 aromatic rings. The molecule has 3 atom stereocenters. The number of allylic oxidation sites excluding steroid dienone is 1. The van der Waals surface area contributed by atoms with E-state index in [1.165, 1.54) is 31.2 Å². The molecule has 3 aromatic carbocycles. The van der Waals surface area contributed by atoms with Gasteiger partial charge < -0.3 is 14.6 Å². The predicted octanol–water partition coefficient (Wildman–Crippen LogP) is 6.25. The fraction of sp³-hybridized carbons (Fsp3) is 0.355. The van der Waals surface area contributed by atoms with Gasteiger partial charge in [-0.3, -0.25) is 4.90 Å². The SMILES string of the molecule is CC1=C(c2cccc(S(C)(=O)=O)c2)C(c2ccc(OC[C@H](C)N3CCC[C@H]3C)cc2)Oc2cc(F)c(O)cc21. The molecule has 1 saturated heterocycles. The molecule has 6 nitrogen and oxygen atoms in total. The van der Waals surface area contributed by atoms with E-state index in [0.29, 0.717) is 35.6 Å². The maximum absolute atomic E-state index is 14.3. The van der Waals surface area contributed by atoms with Crippen LogP contribution in [0.1, 0.15) is 56.4 Å². The molecule has 1 unspecified atom stereocenters. The number of hydrogen-bond donors (Lipinski definition) is 1. The molecule has 8 heteroatoms. The van der Waals surface area contributed by atoms with E-state index in [4.69, 9.17) is 9.47 Å². The van der Waals surface area contributed by atoms with Crippen LogP contribution in [-0.2, 0) is 9.84 Å². The number of phenols is 1. The monoisotopic (exact) mass is 551 g/mol. The summed E-state index contributed by atoms with van der Waals surface area (Å²) in [4.78, 5) is 2.67. The number of sulfone groups is 1. The number of rotatable bonds is 7. The zero-order valence-electron chi connectivity index (χ0n) is 22.6. The Bertz CT molecular complexity index is 1520. The number of hydrogen-bond acceptors (Lipinski definition) is 6. The van der Waals surface area contributed by atoms with Gasteiger partial charge in [-0.15, -0.1) is 0 Å². The van der Waals surface area contributed by atoms with Gasteiger partial charge in [-0.2, -0.15) is 0 Å². The number of halogens is 1. The highest BCUT2D eigenvalue weighted by atomic mass is 32.2. The van der Waals surface area contributed by atoms with Crippen LogP contribution in [0, 0.1) is 5.82 Å². The highest BCUT2D eigenvalue weighted by Gasteiger charge is 2.31. The Morgan fingerprint density at radius 2 is 1.90 bits per heavy atom. The minimum absolute atomic E-state index is 0.192. The summed E-state index contributed by atoms with van der Waals surface area (Å²) in [5, 5.41) is 10.0. The molecular formula is C31H34FNO5S. The van der Waals surface area contributed by atoms with Gasteiger partial charge in [-0.05, 0) is 87.2 Å². The van der Waals surface area contributed by atoms with Crippen LogP contribution in [0.4, 0.5) is 4.39 Å². The van der Waals surface area contributed by atoms with E-state index in [2.05, 4.69) is 18.7 Å². The molecule has 0 saturated carbocycles. The Balaban J connectivity index is 1.48. The maximum atomic E-state index is 14.3. The van der Waals surface area contributed by atoms with Crippen LogP contribution >= 0.6 is 0 Å². The lowest BCUT2D eigenvalue weighted by Crippen LogP contribution is -2.39. The minimum Gasteiger partial charge on any atom is -0.505 e. The molecular weight excluding hydrogens is 517 g/mol. The largest absolute Gasteiger partial charge is 0.505 e. The van der Waals surface area contributed by atoms with Crippen LogP contribution < -0.4 is 9.47 Å². The van der Waals surface area contributed by atoms with Crippen LogP contribution in [0.15, 0.2) is 65.6 Å². The number of likely N-dealkylation sites (tertiary alicyclic amines) is 1. The van der Waals surface area contributed by atoms with Crippen molar-refractivity contribution in [3.63, 3.8) is 0 Å². The molecule has 1 fully saturated rings. The average molecular weight is 552 g/mol. The number of aromatic hydroxyl groups is 1. The zero-order valence-corrected chi connectivity index (χ0v) is 23.5. The first kappa shape index (κ1) is 27.2. The van der Waals surface area contributed by atoms with Crippen molar-refractivity contribution in [2.24, 2.45) is 0 Å². The van der Waals surface area contributed by atoms with Gasteiger partial charge in [0.05, 0.1) is 4.90 Å². The van der Waals surface area contributed by atoms with Crippen LogP contribution in [-0.4, -0.2) is 49.9 Å². The van der Waals surface area contributed by atoms with Crippen molar-refractivity contribution in [3.05, 3.63) is 83.2 Å². The van der Waals surface area contributed by atoms with E-state index in [1.807, 2.05) is 37.3 Å². The summed E-state index contributed by atoms with van der Waals surface area (Å²) in [5.74, 6) is -0.192. The fourth-order valence-corrected chi connectivity index (χ4v) is 6.29. The molecule has 0 aromatic heterocycles. The minimum atomic E-state index is -3.44. The molecule has 0 aliphatic carbocycles. The van der Waals surface area contributed by atoms with Gasteiger partial charge >= 0.3 is 0 Å². The molecule has 2 aliphatic heterocycles. The van der Waals surface area contributed by atoms with E-state index >= 15 is 0 Å². The van der Waals surface area contributed by atoms with E-state index in [1.54, 1.807) is 18.2 Å². The molecule has 2 heterocycles. The first-order valence-corrected chi connectivity index (χ1v) is 15.1. The second-order valence-corrected chi connectivity index (χ2v) is 12.6. The van der Waals surface area contributed by atoms with Gasteiger partial charge in [-0.25, -0.2) is 12.8 Å². The summed E-state index contributed by atoms with van der Waals surface area (Å²) >= 11 is 0. The first-order chi connectivity index (χ1) is 18.5. The van der Waals surface area contributed by atoms with Crippen molar-refractivity contribution < 1.29 is 27.4 Å². The zero-order chi connectivity index (χ0) is 27.9. The van der Waals surface area contributed by atoms with Gasteiger partial charge in [0.2, 0.25) is 0 Å². The van der Waals surface area contributed by atoms with Gasteiger partial charge in [0.15, 0.2) is 21.4 Å². The molecule has 39 heavy (non-hydrogen) atoms. The summed E-state index contributed by atoms with van der Waals surface area (Å²) in [7, 11) is -3.44. The van der Waals surface area contributed by atoms with Crippen molar-refractivity contribution in [1.29, 1.82) is 0 Å². The maximum Gasteiger partial charge on any atom is 0.175 e. The fourth-order valence-electron chi connectivity index (χ4n) is 5.62. The Morgan fingerprint density at radius 1 is 1.15 bits per heavy atom. The van der Waals surface area contributed by atoms with Crippen LogP contribution in [0.5, 0.6) is 17.2 Å². The Kier molecular flexibility index (Phi) is 7.44. The Hall–Kier alpha value is -3.36. The third-order valence-electron chi connectivity index (χ3n) is 7.78. The summed E-state index contributed by atoms with van der Waals surface area (Å²) in [6.45, 7) is 7.99. The standard InChI is InChI=1S/C31H34FNO5S/c1-19-7-6-14-33(19)20(2)18-37-24-12-10-22(11-13-24)31-30(23-8-5-9-25(15-23)39(4,35)36)21(3)26-16-28(34)27(32)17-29(26)38-31/h5,8-13,15-17,19-20,31,34H,6-7,14,18H2,1-4H3/t19-,20+,31?/m1/s1. The highest BCUT2D eigenvalue weighted by Crippen LogP contribution is 2.48. The van der Waals surface area contributed by atoms with Gasteiger partial charge in [0.25, 0.3) is 0 Å². The van der Waals surface area contributed by atoms with E-state index in [9.17, 15) is 17.9 Å². The molecule has 2 aliphatic rings. The molecule has 0 bridgehead atoms. The molecule has 0 amide bonds. The van der Waals surface area contributed by atoms with Gasteiger partial charge in [0.1, 0.15) is 24.2 Å². The first-order valence-electron chi connectivity index (χ1n) is 13.2. The third-order valence-corrected chi connectivity index (χ3v) is 8.89. The summed E-state index contributed by atoms with van der Waals surface area (Å²) in [6, 6.07) is 17.7. The second-order valence-electron chi connectivity index (χ2n) is 10.6. The normalized spacial score (nSPS) is 20.4. The number of fused-ring (bicyclic) bond motifs is 1. The van der Waals surface area contributed by atoms with Crippen LogP contribution in [0.25, 0.3) is 11.1 Å². The topological polar surface area (TPSA) is 76.1 Å². The lowest BCUT2D eigenvalue weighted by atomic mass is 9.86. The van der Waals surface area contributed by atoms with Crippen LogP contribution in [0.2, 0.25) is 0 Å². The molecule has 0 spiro atoms. The van der Waals surface area contributed by atoms with E-state index in [-0.39, 0.29) is 4.90 Å². The number of phenolic OH excluding ortho intramolecular Hbond substituents is 1. The summed E-state index contributed by atoms with van der Waals surface area (Å²) in [5.41, 5.74) is 3.53. The molecule has 5 rings (SSSR count). The van der Waals surface area contributed by atoms with Crippen molar-refractivity contribution >= 4 is 21.0 Å². The van der Waals surface area contributed by atoms with Gasteiger partial charge in [0, 0.05) is 35.5 Å². The molecule has 0 radical (unpaired) electrons. The van der Waals surface area contributed by atoms with Crippen molar-refractivity contribution in [3.8, 4) is 17.2 Å². The highest BCUT2D eigenvalue weighted by molar-refractivity contribution is 7.90.